The molecule has 36 heavy (non-hydrogen) atoms. The van der Waals surface area contributed by atoms with Crippen LogP contribution in [0, 0.1) is 11.0 Å². The molecular formula is C26H28FN7O2. The largest absolute Gasteiger partial charge is 0.633 e. The van der Waals surface area contributed by atoms with Gasteiger partial charge in [0, 0.05) is 23.5 Å². The summed E-state index contributed by atoms with van der Waals surface area (Å²) < 4.78 is 15.1. The van der Waals surface area contributed by atoms with Crippen LogP contribution in [0.3, 0.4) is 0 Å². The first kappa shape index (κ1) is 23.7. The molecule has 2 N–H and O–H groups in total. The highest BCUT2D eigenvalue weighted by molar-refractivity contribution is 6.03. The SMILES string of the molecule is CCn1cnc(-c2ccc(F)cc2)c1-c1ncc(C(=O)Nc2ccc(N3CC[N+](C)([O-])CC3)cc2)[nH]1. The summed E-state index contributed by atoms with van der Waals surface area (Å²) in [5, 5.41) is 15.0. The minimum atomic E-state index is -0.319. The molecule has 0 aliphatic carbocycles. The van der Waals surface area contributed by atoms with Gasteiger partial charge in [-0.3, -0.25) is 4.79 Å². The number of likely N-dealkylation sites (N-methyl/N-ethyl adjacent to an activating group) is 1. The van der Waals surface area contributed by atoms with Gasteiger partial charge in [0.1, 0.15) is 17.2 Å². The number of piperazine rings is 1. The van der Waals surface area contributed by atoms with Gasteiger partial charge in [-0.15, -0.1) is 0 Å². The van der Waals surface area contributed by atoms with Crippen molar-refractivity contribution in [1.29, 1.82) is 0 Å². The first-order valence-corrected chi connectivity index (χ1v) is 11.9. The predicted molar refractivity (Wildman–Crippen MR) is 137 cm³/mol. The highest BCUT2D eigenvalue weighted by Gasteiger charge is 2.22. The molecule has 0 unspecified atom stereocenters. The number of H-pyrrole nitrogens is 1. The maximum atomic E-state index is 13.4. The van der Waals surface area contributed by atoms with Crippen molar-refractivity contribution in [3.05, 3.63) is 77.8 Å². The molecule has 0 radical (unpaired) electrons. The quantitative estimate of drug-likeness (QED) is 0.313. The van der Waals surface area contributed by atoms with E-state index in [2.05, 4.69) is 25.2 Å². The molecule has 2 aromatic heterocycles. The van der Waals surface area contributed by atoms with Crippen LogP contribution < -0.4 is 10.2 Å². The van der Waals surface area contributed by atoms with Gasteiger partial charge in [0.25, 0.3) is 5.91 Å². The third kappa shape index (κ3) is 4.86. The minimum absolute atomic E-state index is 0.207. The van der Waals surface area contributed by atoms with E-state index >= 15 is 0 Å². The summed E-state index contributed by atoms with van der Waals surface area (Å²) in [6.07, 6.45) is 3.20. The fourth-order valence-electron chi connectivity index (χ4n) is 4.35. The Balaban J connectivity index is 1.31. The van der Waals surface area contributed by atoms with Gasteiger partial charge in [-0.05, 0) is 55.5 Å². The second-order valence-electron chi connectivity index (χ2n) is 9.11. The number of hydrogen-bond acceptors (Lipinski definition) is 5. The van der Waals surface area contributed by atoms with Gasteiger partial charge in [-0.2, -0.15) is 0 Å². The van der Waals surface area contributed by atoms with E-state index in [1.54, 1.807) is 25.5 Å². The number of imidazole rings is 2. The second-order valence-corrected chi connectivity index (χ2v) is 9.11. The number of halogens is 1. The van der Waals surface area contributed by atoms with Crippen LogP contribution in [-0.4, -0.2) is 63.3 Å². The Morgan fingerprint density at radius 3 is 2.47 bits per heavy atom. The molecule has 1 aliphatic heterocycles. The third-order valence-corrected chi connectivity index (χ3v) is 6.52. The minimum Gasteiger partial charge on any atom is -0.633 e. The van der Waals surface area contributed by atoms with Crippen LogP contribution in [-0.2, 0) is 6.54 Å². The van der Waals surface area contributed by atoms with Crippen LogP contribution in [0.1, 0.15) is 17.4 Å². The Labute approximate surface area is 208 Å². The van der Waals surface area contributed by atoms with Crippen molar-refractivity contribution in [3.63, 3.8) is 0 Å². The molecule has 186 valence electrons. The lowest BCUT2D eigenvalue weighted by atomic mass is 10.1. The zero-order valence-corrected chi connectivity index (χ0v) is 20.2. The maximum Gasteiger partial charge on any atom is 0.273 e. The van der Waals surface area contributed by atoms with Gasteiger partial charge < -0.3 is 29.6 Å². The summed E-state index contributed by atoms with van der Waals surface area (Å²) in [6.45, 7) is 5.17. The Hall–Kier alpha value is -4.02. The molecule has 0 saturated carbocycles. The lowest BCUT2D eigenvalue weighted by molar-refractivity contribution is -0.861. The average molecular weight is 490 g/mol. The Kier molecular flexibility index (Phi) is 6.29. The second kappa shape index (κ2) is 9.56. The van der Waals surface area contributed by atoms with Crippen molar-refractivity contribution in [2.45, 2.75) is 13.5 Å². The molecule has 10 heteroatoms. The molecule has 2 aromatic carbocycles. The number of nitrogens with zero attached hydrogens (tertiary/aromatic N) is 5. The molecular weight excluding hydrogens is 461 g/mol. The molecule has 0 spiro atoms. The molecule has 4 aromatic rings. The maximum absolute atomic E-state index is 13.4. The summed E-state index contributed by atoms with van der Waals surface area (Å²) in [7, 11) is 1.70. The van der Waals surface area contributed by atoms with E-state index in [1.807, 2.05) is 35.8 Å². The summed E-state index contributed by atoms with van der Waals surface area (Å²) in [5.74, 6) is -0.131. The normalized spacial score (nSPS) is 15.2. The van der Waals surface area contributed by atoms with Crippen LogP contribution in [0.4, 0.5) is 15.8 Å². The van der Waals surface area contributed by atoms with Crippen molar-refractivity contribution in [1.82, 2.24) is 19.5 Å². The summed E-state index contributed by atoms with van der Waals surface area (Å²) in [4.78, 5) is 27.1. The molecule has 0 bridgehead atoms. The van der Waals surface area contributed by atoms with E-state index in [0.29, 0.717) is 55.6 Å². The molecule has 9 nitrogen and oxygen atoms in total. The number of anilines is 2. The van der Waals surface area contributed by atoms with Gasteiger partial charge >= 0.3 is 0 Å². The van der Waals surface area contributed by atoms with Crippen LogP contribution in [0.2, 0.25) is 0 Å². The topological polar surface area (TPSA) is 102 Å². The van der Waals surface area contributed by atoms with Crippen LogP contribution >= 0.6 is 0 Å². The van der Waals surface area contributed by atoms with E-state index in [4.69, 9.17) is 0 Å². The number of aromatic nitrogens is 4. The molecule has 1 saturated heterocycles. The Bertz CT molecular complexity index is 1350. The van der Waals surface area contributed by atoms with E-state index in [1.165, 1.54) is 18.3 Å². The fraction of sp³-hybridized carbons (Fsp3) is 0.269. The van der Waals surface area contributed by atoms with Gasteiger partial charge in [0.05, 0.1) is 51.4 Å². The number of hydroxylamine groups is 3. The van der Waals surface area contributed by atoms with Crippen molar-refractivity contribution < 1.29 is 13.8 Å². The van der Waals surface area contributed by atoms with Crippen molar-refractivity contribution in [2.24, 2.45) is 0 Å². The van der Waals surface area contributed by atoms with E-state index in [0.717, 1.165) is 16.9 Å². The number of carbonyl (C=O) groups excluding carboxylic acids is 1. The fourth-order valence-corrected chi connectivity index (χ4v) is 4.35. The Morgan fingerprint density at radius 1 is 1.11 bits per heavy atom. The average Bonchev–Trinajstić information content (AvgIpc) is 3.52. The van der Waals surface area contributed by atoms with Crippen LogP contribution in [0.25, 0.3) is 22.8 Å². The monoisotopic (exact) mass is 489 g/mol. The standard InChI is InChI=1S/C26H28FN7O2/c1-3-32-17-29-23(18-4-6-19(27)7-5-18)24(32)25-28-16-22(31-25)26(35)30-20-8-10-21(11-9-20)33-12-14-34(2,36)15-13-33/h4-11,16-17H,3,12-15H2,1-2H3,(H,28,31)(H,30,35). The van der Waals surface area contributed by atoms with Crippen molar-refractivity contribution >= 4 is 17.3 Å². The van der Waals surface area contributed by atoms with Crippen molar-refractivity contribution in [3.8, 4) is 22.8 Å². The number of carbonyl (C=O) groups is 1. The van der Waals surface area contributed by atoms with E-state index in [9.17, 15) is 14.4 Å². The highest BCUT2D eigenvalue weighted by Crippen LogP contribution is 2.30. The molecule has 3 heterocycles. The highest BCUT2D eigenvalue weighted by atomic mass is 19.1. The predicted octanol–water partition coefficient (Wildman–Crippen LogP) is 4.12. The molecule has 1 fully saturated rings. The van der Waals surface area contributed by atoms with Crippen molar-refractivity contribution in [2.75, 3.05) is 43.4 Å². The number of aryl methyl sites for hydroxylation is 1. The smallest absolute Gasteiger partial charge is 0.273 e. The number of rotatable bonds is 6. The number of quaternary nitrogens is 1. The molecule has 5 rings (SSSR count). The zero-order valence-electron chi connectivity index (χ0n) is 20.2. The van der Waals surface area contributed by atoms with Crippen LogP contribution in [0.15, 0.2) is 61.1 Å². The number of amides is 1. The number of hydrogen-bond donors (Lipinski definition) is 2. The summed E-state index contributed by atoms with van der Waals surface area (Å²) >= 11 is 0. The van der Waals surface area contributed by atoms with Gasteiger partial charge in [0.15, 0.2) is 5.82 Å². The third-order valence-electron chi connectivity index (χ3n) is 6.52. The number of nitrogens with one attached hydrogen (secondary N) is 2. The number of benzene rings is 2. The first-order chi connectivity index (χ1) is 17.3. The lowest BCUT2D eigenvalue weighted by Crippen LogP contribution is -2.53. The Morgan fingerprint density at radius 2 is 1.81 bits per heavy atom. The summed E-state index contributed by atoms with van der Waals surface area (Å²) in [5.41, 5.74) is 4.13. The van der Waals surface area contributed by atoms with E-state index < -0.39 is 0 Å². The van der Waals surface area contributed by atoms with Gasteiger partial charge in [-0.25, -0.2) is 14.4 Å². The van der Waals surface area contributed by atoms with Gasteiger partial charge in [-0.1, -0.05) is 0 Å². The number of aromatic amines is 1. The summed E-state index contributed by atoms with van der Waals surface area (Å²) in [6, 6.07) is 13.7. The van der Waals surface area contributed by atoms with Gasteiger partial charge in [0.2, 0.25) is 0 Å². The lowest BCUT2D eigenvalue weighted by Gasteiger charge is -2.45. The molecule has 1 amide bonds. The zero-order chi connectivity index (χ0) is 25.3. The van der Waals surface area contributed by atoms with E-state index in [-0.39, 0.29) is 16.4 Å². The molecule has 1 aliphatic rings. The molecule has 0 atom stereocenters. The first-order valence-electron chi connectivity index (χ1n) is 11.9. The van der Waals surface area contributed by atoms with Crippen LogP contribution in [0.5, 0.6) is 0 Å².